The van der Waals surface area contributed by atoms with E-state index in [1.807, 2.05) is 30.0 Å². The Morgan fingerprint density at radius 1 is 1.14 bits per heavy atom. The first-order valence-corrected chi connectivity index (χ1v) is 9.94. The highest BCUT2D eigenvalue weighted by molar-refractivity contribution is 6.30. The second kappa shape index (κ2) is 8.57. The van der Waals surface area contributed by atoms with Crippen LogP contribution in [-0.4, -0.2) is 45.0 Å². The minimum atomic E-state index is -0.109. The Kier molecular flexibility index (Phi) is 5.71. The highest BCUT2D eigenvalue weighted by atomic mass is 35.5. The molecule has 3 heterocycles. The van der Waals surface area contributed by atoms with Crippen LogP contribution in [-0.2, 0) is 0 Å². The Morgan fingerprint density at radius 3 is 2.72 bits per heavy atom. The molecule has 1 saturated heterocycles. The number of likely N-dealkylation sites (tertiary alicyclic amines) is 1. The fourth-order valence-electron chi connectivity index (χ4n) is 3.56. The van der Waals surface area contributed by atoms with Crippen molar-refractivity contribution in [2.75, 3.05) is 13.1 Å². The van der Waals surface area contributed by atoms with Gasteiger partial charge in [-0.1, -0.05) is 23.7 Å². The van der Waals surface area contributed by atoms with Crippen LogP contribution in [0.15, 0.2) is 55.0 Å². The molecule has 0 N–H and O–H groups in total. The summed E-state index contributed by atoms with van der Waals surface area (Å²) < 4.78 is 5.98. The van der Waals surface area contributed by atoms with Crippen molar-refractivity contribution < 1.29 is 9.53 Å². The van der Waals surface area contributed by atoms with Crippen molar-refractivity contribution >= 4 is 17.5 Å². The number of nitrogens with zero attached hydrogens (tertiary/aromatic N) is 4. The molecule has 0 saturated carbocycles. The van der Waals surface area contributed by atoms with Gasteiger partial charge in [0.25, 0.3) is 5.91 Å². The molecule has 1 unspecified atom stereocenters. The molecule has 148 valence electrons. The van der Waals surface area contributed by atoms with Gasteiger partial charge in [0.2, 0.25) is 5.88 Å². The van der Waals surface area contributed by atoms with Crippen LogP contribution in [0.5, 0.6) is 5.88 Å². The predicted molar refractivity (Wildman–Crippen MR) is 111 cm³/mol. The number of aryl methyl sites for hydroxylation is 1. The second-order valence-corrected chi connectivity index (χ2v) is 7.45. The molecule has 0 radical (unpaired) electrons. The van der Waals surface area contributed by atoms with Crippen LogP contribution >= 0.6 is 11.6 Å². The summed E-state index contributed by atoms with van der Waals surface area (Å²) in [6, 6.07) is 11.0. The summed E-state index contributed by atoms with van der Waals surface area (Å²) in [5.74, 6) is 1.04. The van der Waals surface area contributed by atoms with Crippen molar-refractivity contribution in [3.8, 4) is 17.3 Å². The molecule has 29 heavy (non-hydrogen) atoms. The maximum atomic E-state index is 13.4. The molecule has 6 nitrogen and oxygen atoms in total. The van der Waals surface area contributed by atoms with Gasteiger partial charge in [0.1, 0.15) is 6.10 Å². The van der Waals surface area contributed by atoms with Crippen LogP contribution in [0.25, 0.3) is 11.4 Å². The first-order valence-electron chi connectivity index (χ1n) is 9.56. The van der Waals surface area contributed by atoms with Gasteiger partial charge in [0, 0.05) is 36.8 Å². The zero-order chi connectivity index (χ0) is 20.2. The topological polar surface area (TPSA) is 68.2 Å². The maximum Gasteiger partial charge on any atom is 0.254 e. The number of benzene rings is 1. The summed E-state index contributed by atoms with van der Waals surface area (Å²) in [4.78, 5) is 28.1. The van der Waals surface area contributed by atoms with Gasteiger partial charge in [-0.25, -0.2) is 15.0 Å². The van der Waals surface area contributed by atoms with E-state index < -0.39 is 0 Å². The van der Waals surface area contributed by atoms with E-state index in [0.29, 0.717) is 35.4 Å². The number of piperidine rings is 1. The van der Waals surface area contributed by atoms with E-state index in [9.17, 15) is 4.79 Å². The lowest BCUT2D eigenvalue weighted by Gasteiger charge is -2.33. The molecule has 1 fully saturated rings. The van der Waals surface area contributed by atoms with Gasteiger partial charge in [-0.05, 0) is 43.5 Å². The smallest absolute Gasteiger partial charge is 0.254 e. The summed E-state index contributed by atoms with van der Waals surface area (Å²) in [7, 11) is 0. The number of halogens is 1. The fourth-order valence-corrected chi connectivity index (χ4v) is 3.67. The van der Waals surface area contributed by atoms with Crippen LogP contribution in [0.1, 0.15) is 28.8 Å². The number of hydrogen-bond acceptors (Lipinski definition) is 5. The average Bonchev–Trinajstić information content (AvgIpc) is 2.75. The number of ether oxygens (including phenoxy) is 1. The first-order chi connectivity index (χ1) is 14.1. The summed E-state index contributed by atoms with van der Waals surface area (Å²) in [6.45, 7) is 3.17. The summed E-state index contributed by atoms with van der Waals surface area (Å²) in [5.41, 5.74) is 2.36. The third-order valence-corrected chi connectivity index (χ3v) is 5.17. The van der Waals surface area contributed by atoms with E-state index in [0.717, 1.165) is 24.0 Å². The number of pyridine rings is 1. The van der Waals surface area contributed by atoms with Crippen molar-refractivity contribution in [1.82, 2.24) is 19.9 Å². The normalized spacial score (nSPS) is 16.5. The number of rotatable bonds is 4. The van der Waals surface area contributed by atoms with Crippen LogP contribution < -0.4 is 4.74 Å². The third-order valence-electron chi connectivity index (χ3n) is 4.95. The predicted octanol–water partition coefficient (Wildman–Crippen LogP) is 4.18. The summed E-state index contributed by atoms with van der Waals surface area (Å²) >= 11 is 5.88. The van der Waals surface area contributed by atoms with Crippen LogP contribution in [0.3, 0.4) is 0 Å². The minimum Gasteiger partial charge on any atom is -0.472 e. The Labute approximate surface area is 174 Å². The molecule has 0 bridgehead atoms. The molecule has 1 aromatic carbocycles. The van der Waals surface area contributed by atoms with Gasteiger partial charge in [-0.3, -0.25) is 4.79 Å². The van der Waals surface area contributed by atoms with Crippen molar-refractivity contribution in [2.45, 2.75) is 25.9 Å². The van der Waals surface area contributed by atoms with Crippen molar-refractivity contribution in [3.05, 3.63) is 71.1 Å². The zero-order valence-electron chi connectivity index (χ0n) is 16.1. The molecule has 3 aromatic rings. The van der Waals surface area contributed by atoms with Gasteiger partial charge < -0.3 is 9.64 Å². The standard InChI is InChI=1S/C22H21ClN4O2/c1-15-5-2-7-18(20(15)21-24-10-4-11-25-21)22(28)27-12-3-6-17(14-27)29-19-9-8-16(23)13-26-19/h2,4-5,7-11,13,17H,3,6,12,14H2,1H3. The van der Waals surface area contributed by atoms with Crippen molar-refractivity contribution in [3.63, 3.8) is 0 Å². The van der Waals surface area contributed by atoms with E-state index in [1.54, 1.807) is 36.8 Å². The lowest BCUT2D eigenvalue weighted by Crippen LogP contribution is -2.44. The molecule has 0 aliphatic carbocycles. The van der Waals surface area contributed by atoms with Gasteiger partial charge in [0.15, 0.2) is 5.82 Å². The minimum absolute atomic E-state index is 0.0338. The van der Waals surface area contributed by atoms with E-state index >= 15 is 0 Å². The molecular formula is C22H21ClN4O2. The van der Waals surface area contributed by atoms with E-state index in [-0.39, 0.29) is 12.0 Å². The Bertz CT molecular complexity index is 995. The van der Waals surface area contributed by atoms with Crippen LogP contribution in [0.2, 0.25) is 5.02 Å². The van der Waals surface area contributed by atoms with E-state index in [1.165, 1.54) is 0 Å². The lowest BCUT2D eigenvalue weighted by molar-refractivity contribution is 0.0528. The number of aromatic nitrogens is 3. The van der Waals surface area contributed by atoms with Crippen LogP contribution in [0.4, 0.5) is 0 Å². The summed E-state index contributed by atoms with van der Waals surface area (Å²) in [5, 5.41) is 0.563. The molecule has 4 rings (SSSR count). The molecule has 1 amide bonds. The first kappa shape index (κ1) is 19.3. The number of carbonyl (C=O) groups excluding carboxylic acids is 1. The molecule has 1 atom stereocenters. The number of hydrogen-bond donors (Lipinski definition) is 0. The maximum absolute atomic E-state index is 13.4. The molecule has 1 aliphatic rings. The van der Waals surface area contributed by atoms with Gasteiger partial charge in [0.05, 0.1) is 17.1 Å². The molecule has 0 spiro atoms. The number of amides is 1. The molecule has 7 heteroatoms. The Hall–Kier alpha value is -2.99. The lowest BCUT2D eigenvalue weighted by atomic mass is 9.98. The largest absolute Gasteiger partial charge is 0.472 e. The molecular weight excluding hydrogens is 388 g/mol. The zero-order valence-corrected chi connectivity index (χ0v) is 16.8. The fraction of sp³-hybridized carbons (Fsp3) is 0.273. The monoisotopic (exact) mass is 408 g/mol. The van der Waals surface area contributed by atoms with Crippen LogP contribution in [0, 0.1) is 6.92 Å². The second-order valence-electron chi connectivity index (χ2n) is 7.02. The SMILES string of the molecule is Cc1cccc(C(=O)N2CCCC(Oc3ccc(Cl)cn3)C2)c1-c1ncccn1. The van der Waals surface area contributed by atoms with Crippen molar-refractivity contribution in [2.24, 2.45) is 0 Å². The highest BCUT2D eigenvalue weighted by Crippen LogP contribution is 2.27. The highest BCUT2D eigenvalue weighted by Gasteiger charge is 2.28. The van der Waals surface area contributed by atoms with E-state index in [2.05, 4.69) is 15.0 Å². The average molecular weight is 409 g/mol. The van der Waals surface area contributed by atoms with Crippen molar-refractivity contribution in [1.29, 1.82) is 0 Å². The van der Waals surface area contributed by atoms with E-state index in [4.69, 9.17) is 16.3 Å². The van der Waals surface area contributed by atoms with Gasteiger partial charge >= 0.3 is 0 Å². The number of carbonyl (C=O) groups is 1. The molecule has 2 aromatic heterocycles. The summed E-state index contributed by atoms with van der Waals surface area (Å²) in [6.07, 6.45) is 6.56. The quantitative estimate of drug-likeness (QED) is 0.647. The van der Waals surface area contributed by atoms with Gasteiger partial charge in [-0.15, -0.1) is 0 Å². The molecule has 1 aliphatic heterocycles. The third kappa shape index (κ3) is 4.38. The van der Waals surface area contributed by atoms with Gasteiger partial charge in [-0.2, -0.15) is 0 Å². The Morgan fingerprint density at radius 2 is 1.97 bits per heavy atom. The Balaban J connectivity index is 1.55.